The molecule has 4 aromatic rings. The molecule has 0 fully saturated rings. The predicted molar refractivity (Wildman–Crippen MR) is 187 cm³/mol. The number of amides is 2. The van der Waals surface area contributed by atoms with E-state index in [2.05, 4.69) is 21.1 Å². The molecule has 14 nitrogen and oxygen atoms in total. The van der Waals surface area contributed by atoms with Crippen LogP contribution in [-0.2, 0) is 9.59 Å². The molecule has 4 aromatic carbocycles. The molecule has 14 heteroatoms. The molecule has 0 spiro atoms. The highest BCUT2D eigenvalue weighted by molar-refractivity contribution is 5.92. The fourth-order valence-electron chi connectivity index (χ4n) is 4.35. The van der Waals surface area contributed by atoms with Crippen LogP contribution in [0, 0.1) is 0 Å². The molecule has 0 saturated heterocycles. The second-order valence-corrected chi connectivity index (χ2v) is 10.5. The third-order valence-electron chi connectivity index (χ3n) is 7.05. The number of ether oxygens (including phenoxy) is 6. The highest BCUT2D eigenvalue weighted by Gasteiger charge is 2.15. The zero-order valence-electron chi connectivity index (χ0n) is 28.3. The molecule has 264 valence electrons. The Morgan fingerprint density at radius 2 is 0.922 bits per heavy atom. The smallest absolute Gasteiger partial charge is 0.343 e. The molecular formula is C37H36N4O10. The van der Waals surface area contributed by atoms with Crippen LogP contribution in [0.5, 0.6) is 34.5 Å². The van der Waals surface area contributed by atoms with Crippen LogP contribution in [0.15, 0.2) is 95.1 Å². The first-order chi connectivity index (χ1) is 24.7. The lowest BCUT2D eigenvalue weighted by atomic mass is 10.2. The van der Waals surface area contributed by atoms with Gasteiger partial charge in [-0.15, -0.1) is 0 Å². The number of nitrogens with one attached hydrogen (secondary N) is 2. The third kappa shape index (κ3) is 11.2. The van der Waals surface area contributed by atoms with Crippen LogP contribution < -0.4 is 39.3 Å². The van der Waals surface area contributed by atoms with Crippen molar-refractivity contribution in [2.45, 2.75) is 19.3 Å². The predicted octanol–water partition coefficient (Wildman–Crippen LogP) is 4.93. The summed E-state index contributed by atoms with van der Waals surface area (Å²) in [6, 6.07) is 22.6. The van der Waals surface area contributed by atoms with Crippen molar-refractivity contribution >= 4 is 36.2 Å². The van der Waals surface area contributed by atoms with Crippen LogP contribution in [0.4, 0.5) is 0 Å². The van der Waals surface area contributed by atoms with Crippen LogP contribution in [0.3, 0.4) is 0 Å². The normalized spacial score (nSPS) is 10.7. The molecule has 51 heavy (non-hydrogen) atoms. The van der Waals surface area contributed by atoms with Gasteiger partial charge in [0, 0.05) is 12.8 Å². The van der Waals surface area contributed by atoms with E-state index in [1.54, 1.807) is 84.9 Å². The molecule has 2 amide bonds. The second kappa shape index (κ2) is 18.7. The molecule has 0 bridgehead atoms. The number of hydrogen-bond donors (Lipinski definition) is 2. The summed E-state index contributed by atoms with van der Waals surface area (Å²) < 4.78 is 31.8. The van der Waals surface area contributed by atoms with Crippen molar-refractivity contribution in [1.29, 1.82) is 0 Å². The SMILES string of the molecule is COc1ccc(C(=O)Oc2ccc(/C=N/NC(=O)CCCC(=O)N/N=C/c3ccc(OC(=O)c4ccc(OC)cc4)c(OC)c3)cc2OC)cc1. The van der Waals surface area contributed by atoms with Gasteiger partial charge in [0.2, 0.25) is 11.8 Å². The minimum absolute atomic E-state index is 0.0476. The third-order valence-corrected chi connectivity index (χ3v) is 7.05. The lowest BCUT2D eigenvalue weighted by Gasteiger charge is -2.10. The number of carbonyl (C=O) groups is 4. The molecular weight excluding hydrogens is 660 g/mol. The lowest BCUT2D eigenvalue weighted by Crippen LogP contribution is -2.20. The number of methoxy groups -OCH3 is 4. The van der Waals surface area contributed by atoms with E-state index >= 15 is 0 Å². The Morgan fingerprint density at radius 1 is 0.529 bits per heavy atom. The Morgan fingerprint density at radius 3 is 1.27 bits per heavy atom. The Hall–Kier alpha value is -6.70. The van der Waals surface area contributed by atoms with Crippen molar-refractivity contribution in [2.75, 3.05) is 28.4 Å². The molecule has 0 aliphatic rings. The van der Waals surface area contributed by atoms with E-state index < -0.39 is 11.9 Å². The van der Waals surface area contributed by atoms with Gasteiger partial charge in [0.25, 0.3) is 0 Å². The van der Waals surface area contributed by atoms with Crippen LogP contribution in [-0.4, -0.2) is 64.6 Å². The van der Waals surface area contributed by atoms with Crippen molar-refractivity contribution < 1.29 is 47.6 Å². The van der Waals surface area contributed by atoms with E-state index in [0.717, 1.165) is 0 Å². The van der Waals surface area contributed by atoms with Gasteiger partial charge in [0.05, 0.1) is 52.0 Å². The molecule has 2 N–H and O–H groups in total. The summed E-state index contributed by atoms with van der Waals surface area (Å²) in [6.07, 6.45) is 3.16. The molecule has 0 unspecified atom stereocenters. The van der Waals surface area contributed by atoms with Crippen LogP contribution >= 0.6 is 0 Å². The van der Waals surface area contributed by atoms with Gasteiger partial charge in [-0.05, 0) is 102 Å². The molecule has 0 radical (unpaired) electrons. The van der Waals surface area contributed by atoms with E-state index in [9.17, 15) is 19.2 Å². The zero-order chi connectivity index (χ0) is 36.6. The maximum atomic E-state index is 12.5. The van der Waals surface area contributed by atoms with Gasteiger partial charge in [-0.25, -0.2) is 20.4 Å². The van der Waals surface area contributed by atoms with E-state index in [1.165, 1.54) is 40.9 Å². The molecule has 0 aliphatic heterocycles. The quantitative estimate of drug-likeness (QED) is 0.0708. The van der Waals surface area contributed by atoms with Gasteiger partial charge in [-0.3, -0.25) is 9.59 Å². The number of esters is 2. The zero-order valence-corrected chi connectivity index (χ0v) is 28.3. The Bertz CT molecular complexity index is 1750. The largest absolute Gasteiger partial charge is 0.497 e. The van der Waals surface area contributed by atoms with Gasteiger partial charge < -0.3 is 28.4 Å². The highest BCUT2D eigenvalue weighted by Crippen LogP contribution is 2.30. The lowest BCUT2D eigenvalue weighted by molar-refractivity contribution is -0.122. The number of hydrazone groups is 2. The molecule has 0 atom stereocenters. The Kier molecular flexibility index (Phi) is 13.6. The number of benzene rings is 4. The van der Waals surface area contributed by atoms with Gasteiger partial charge in [-0.2, -0.15) is 10.2 Å². The average molecular weight is 697 g/mol. The average Bonchev–Trinajstić information content (AvgIpc) is 3.15. The summed E-state index contributed by atoms with van der Waals surface area (Å²) in [6.45, 7) is 0. The molecule has 0 aliphatic carbocycles. The van der Waals surface area contributed by atoms with E-state index in [1.807, 2.05) is 0 Å². The summed E-state index contributed by atoms with van der Waals surface area (Å²) in [5.74, 6) is 0.329. The molecule has 0 heterocycles. The summed E-state index contributed by atoms with van der Waals surface area (Å²) in [7, 11) is 5.94. The minimum atomic E-state index is -0.566. The number of nitrogens with zero attached hydrogens (tertiary/aromatic N) is 2. The van der Waals surface area contributed by atoms with Gasteiger partial charge in [0.15, 0.2) is 23.0 Å². The number of rotatable bonds is 16. The standard InChI is InChI=1S/C37H36N4O10/c1-46-28-14-10-26(11-15-28)36(44)50-30-18-8-24(20-32(30)48-3)22-38-40-34(42)6-5-7-35(43)41-39-23-25-9-19-31(33(21-25)49-4)51-37(45)27-12-16-29(47-2)17-13-27/h8-23H,5-7H2,1-4H3,(H,40,42)(H,41,43)/b38-22+,39-23+. The van der Waals surface area contributed by atoms with Crippen molar-refractivity contribution in [2.24, 2.45) is 10.2 Å². The van der Waals surface area contributed by atoms with Gasteiger partial charge in [-0.1, -0.05) is 0 Å². The first-order valence-electron chi connectivity index (χ1n) is 15.4. The Balaban J connectivity index is 1.18. The van der Waals surface area contributed by atoms with E-state index in [4.69, 9.17) is 28.4 Å². The van der Waals surface area contributed by atoms with E-state index in [0.29, 0.717) is 45.3 Å². The highest BCUT2D eigenvalue weighted by atomic mass is 16.6. The first kappa shape index (κ1) is 37.1. The topological polar surface area (TPSA) is 172 Å². The van der Waals surface area contributed by atoms with Gasteiger partial charge >= 0.3 is 11.9 Å². The van der Waals surface area contributed by atoms with Crippen LogP contribution in [0.25, 0.3) is 0 Å². The summed E-state index contributed by atoms with van der Waals surface area (Å²) >= 11 is 0. The maximum Gasteiger partial charge on any atom is 0.343 e. The van der Waals surface area contributed by atoms with Crippen molar-refractivity contribution in [3.63, 3.8) is 0 Å². The fraction of sp³-hybridized carbons (Fsp3) is 0.189. The van der Waals surface area contributed by atoms with Gasteiger partial charge in [0.1, 0.15) is 11.5 Å². The number of carbonyl (C=O) groups excluding carboxylic acids is 4. The fourth-order valence-corrected chi connectivity index (χ4v) is 4.35. The van der Waals surface area contributed by atoms with Crippen molar-refractivity contribution in [3.05, 3.63) is 107 Å². The summed E-state index contributed by atoms with van der Waals surface area (Å²) in [5, 5.41) is 7.89. The molecule has 0 saturated carbocycles. The minimum Gasteiger partial charge on any atom is -0.497 e. The van der Waals surface area contributed by atoms with E-state index in [-0.39, 0.29) is 42.6 Å². The Labute approximate surface area is 294 Å². The first-order valence-corrected chi connectivity index (χ1v) is 15.4. The summed E-state index contributed by atoms with van der Waals surface area (Å²) in [4.78, 5) is 49.5. The monoisotopic (exact) mass is 696 g/mol. The number of hydrogen-bond acceptors (Lipinski definition) is 12. The van der Waals surface area contributed by atoms with Crippen LogP contribution in [0.2, 0.25) is 0 Å². The van der Waals surface area contributed by atoms with Crippen molar-refractivity contribution in [1.82, 2.24) is 10.9 Å². The second-order valence-electron chi connectivity index (χ2n) is 10.5. The summed E-state index contributed by atoms with van der Waals surface area (Å²) in [5.41, 5.74) is 6.66. The maximum absolute atomic E-state index is 12.5. The molecule has 0 aromatic heterocycles. The van der Waals surface area contributed by atoms with Crippen molar-refractivity contribution in [3.8, 4) is 34.5 Å². The van der Waals surface area contributed by atoms with Crippen LogP contribution in [0.1, 0.15) is 51.1 Å². The molecule has 4 rings (SSSR count).